The lowest BCUT2D eigenvalue weighted by atomic mass is 10.1. The fraction of sp³-hybridized carbons (Fsp3) is 0.143. The summed E-state index contributed by atoms with van der Waals surface area (Å²) in [5, 5.41) is 0.996. The van der Waals surface area contributed by atoms with Crippen molar-refractivity contribution in [2.45, 2.75) is 24.8 Å². The van der Waals surface area contributed by atoms with E-state index in [0.717, 1.165) is 16.8 Å². The normalized spacial score (nSPS) is 11.3. The fourth-order valence-electron chi connectivity index (χ4n) is 2.41. The molecule has 1 N–H and O–H groups in total. The smallest absolute Gasteiger partial charge is 0.254 e. The molecule has 0 saturated heterocycles. The average molecular weight is 401 g/mol. The molecule has 3 rings (SSSR count). The molecular formula is C21H18ClFN2OS. The standard InChI is InChI=1S/C21H18ClFN2OS/c1-13-14(2)24-21(25-20(13)26)27-12-16-8-6-15(7-9-16)10-11-17-18(22)4-3-5-19(17)23/h3-11H,12H2,1-2H3,(H,24,25,26)/b11-10+. The van der Waals surface area contributed by atoms with E-state index in [-0.39, 0.29) is 11.4 Å². The molecule has 0 aliphatic carbocycles. The molecule has 2 aromatic carbocycles. The summed E-state index contributed by atoms with van der Waals surface area (Å²) in [6.45, 7) is 3.59. The summed E-state index contributed by atoms with van der Waals surface area (Å²) < 4.78 is 13.8. The second kappa shape index (κ2) is 8.55. The summed E-state index contributed by atoms with van der Waals surface area (Å²) in [6.07, 6.45) is 3.49. The van der Waals surface area contributed by atoms with Crippen LogP contribution in [0.1, 0.15) is 27.9 Å². The highest BCUT2D eigenvalue weighted by atomic mass is 35.5. The van der Waals surface area contributed by atoms with Gasteiger partial charge in [0.1, 0.15) is 5.82 Å². The van der Waals surface area contributed by atoms with Gasteiger partial charge in [-0.25, -0.2) is 9.37 Å². The van der Waals surface area contributed by atoms with Gasteiger partial charge in [0.2, 0.25) is 0 Å². The van der Waals surface area contributed by atoms with Crippen molar-refractivity contribution in [1.82, 2.24) is 9.97 Å². The van der Waals surface area contributed by atoms with Gasteiger partial charge in [0.15, 0.2) is 5.16 Å². The molecule has 0 atom stereocenters. The Morgan fingerprint density at radius 1 is 1.15 bits per heavy atom. The van der Waals surface area contributed by atoms with E-state index >= 15 is 0 Å². The minimum atomic E-state index is -0.346. The van der Waals surface area contributed by atoms with Crippen molar-refractivity contribution in [2.75, 3.05) is 0 Å². The summed E-state index contributed by atoms with van der Waals surface area (Å²) in [7, 11) is 0. The molecule has 0 bridgehead atoms. The van der Waals surface area contributed by atoms with Crippen LogP contribution < -0.4 is 5.56 Å². The van der Waals surface area contributed by atoms with E-state index in [4.69, 9.17) is 11.6 Å². The highest BCUT2D eigenvalue weighted by molar-refractivity contribution is 7.98. The quantitative estimate of drug-likeness (QED) is 0.342. The Hall–Kier alpha value is -2.37. The highest BCUT2D eigenvalue weighted by Gasteiger charge is 2.05. The SMILES string of the molecule is Cc1nc(SCc2ccc(/C=C/c3c(F)cccc3Cl)cc2)[nH]c(=O)c1C. The number of aryl methyl sites for hydroxylation is 1. The largest absolute Gasteiger partial charge is 0.301 e. The second-order valence-corrected chi connectivity index (χ2v) is 7.45. The lowest BCUT2D eigenvalue weighted by molar-refractivity contribution is 0.625. The molecule has 0 radical (unpaired) electrons. The van der Waals surface area contributed by atoms with Crippen LogP contribution in [0.2, 0.25) is 5.02 Å². The lowest BCUT2D eigenvalue weighted by Crippen LogP contribution is -2.13. The van der Waals surface area contributed by atoms with Crippen molar-refractivity contribution < 1.29 is 4.39 Å². The fourth-order valence-corrected chi connectivity index (χ4v) is 3.50. The molecule has 3 aromatic rings. The van der Waals surface area contributed by atoms with Crippen LogP contribution in [0.4, 0.5) is 4.39 Å². The molecule has 3 nitrogen and oxygen atoms in total. The first kappa shape index (κ1) is 19.4. The maximum absolute atomic E-state index is 13.8. The van der Waals surface area contributed by atoms with E-state index in [0.29, 0.717) is 27.1 Å². The molecule has 0 saturated carbocycles. The summed E-state index contributed by atoms with van der Waals surface area (Å²) in [5.74, 6) is 0.343. The topological polar surface area (TPSA) is 45.8 Å². The molecule has 0 spiro atoms. The molecule has 138 valence electrons. The van der Waals surface area contributed by atoms with Gasteiger partial charge < -0.3 is 4.98 Å². The molecule has 0 amide bonds. The molecule has 0 unspecified atom stereocenters. The van der Waals surface area contributed by atoms with Crippen LogP contribution in [0, 0.1) is 19.7 Å². The molecule has 0 fully saturated rings. The summed E-state index contributed by atoms with van der Waals surface area (Å²) >= 11 is 7.51. The van der Waals surface area contributed by atoms with Gasteiger partial charge in [0.25, 0.3) is 5.56 Å². The second-order valence-electron chi connectivity index (χ2n) is 6.08. The van der Waals surface area contributed by atoms with Crippen LogP contribution in [0.15, 0.2) is 52.4 Å². The third-order valence-electron chi connectivity index (χ3n) is 4.17. The molecular weight excluding hydrogens is 383 g/mol. The van der Waals surface area contributed by atoms with Crippen LogP contribution in [-0.2, 0) is 5.75 Å². The number of halogens is 2. The van der Waals surface area contributed by atoms with Gasteiger partial charge in [0.05, 0.1) is 5.02 Å². The Labute approximate surface area is 166 Å². The van der Waals surface area contributed by atoms with Gasteiger partial charge in [-0.3, -0.25) is 4.79 Å². The number of aromatic amines is 1. The Morgan fingerprint density at radius 2 is 1.89 bits per heavy atom. The first-order valence-electron chi connectivity index (χ1n) is 8.35. The molecule has 0 aliphatic heterocycles. The van der Waals surface area contributed by atoms with Crippen molar-refractivity contribution in [1.29, 1.82) is 0 Å². The van der Waals surface area contributed by atoms with Gasteiger partial charge in [-0.15, -0.1) is 0 Å². The zero-order chi connectivity index (χ0) is 19.4. The van der Waals surface area contributed by atoms with Crippen LogP contribution >= 0.6 is 23.4 Å². The minimum Gasteiger partial charge on any atom is -0.301 e. The van der Waals surface area contributed by atoms with Crippen molar-refractivity contribution in [2.24, 2.45) is 0 Å². The Bertz CT molecular complexity index is 1020. The Morgan fingerprint density at radius 3 is 2.56 bits per heavy atom. The number of thioether (sulfide) groups is 1. The minimum absolute atomic E-state index is 0.0997. The lowest BCUT2D eigenvalue weighted by Gasteiger charge is -2.05. The monoisotopic (exact) mass is 400 g/mol. The zero-order valence-corrected chi connectivity index (χ0v) is 16.5. The number of nitrogens with zero attached hydrogens (tertiary/aromatic N) is 1. The van der Waals surface area contributed by atoms with E-state index < -0.39 is 0 Å². The van der Waals surface area contributed by atoms with E-state index in [9.17, 15) is 9.18 Å². The number of rotatable bonds is 5. The van der Waals surface area contributed by atoms with E-state index in [1.165, 1.54) is 17.8 Å². The van der Waals surface area contributed by atoms with Crippen molar-refractivity contribution in [3.63, 3.8) is 0 Å². The number of hydrogen-bond donors (Lipinski definition) is 1. The predicted molar refractivity (Wildman–Crippen MR) is 111 cm³/mol. The van der Waals surface area contributed by atoms with Crippen molar-refractivity contribution in [3.8, 4) is 0 Å². The van der Waals surface area contributed by atoms with E-state index in [2.05, 4.69) is 9.97 Å². The number of aromatic nitrogens is 2. The number of hydrogen-bond acceptors (Lipinski definition) is 3. The van der Waals surface area contributed by atoms with Gasteiger partial charge in [-0.05, 0) is 43.2 Å². The first-order chi connectivity index (χ1) is 12.9. The maximum atomic E-state index is 13.8. The van der Waals surface area contributed by atoms with Crippen LogP contribution in [0.25, 0.3) is 12.2 Å². The van der Waals surface area contributed by atoms with E-state index in [1.807, 2.05) is 37.3 Å². The van der Waals surface area contributed by atoms with Gasteiger partial charge in [-0.2, -0.15) is 0 Å². The molecule has 6 heteroatoms. The van der Waals surface area contributed by atoms with Gasteiger partial charge >= 0.3 is 0 Å². The zero-order valence-electron chi connectivity index (χ0n) is 14.9. The Balaban J connectivity index is 1.67. The summed E-state index contributed by atoms with van der Waals surface area (Å²) in [5.41, 5.74) is 3.71. The van der Waals surface area contributed by atoms with Gasteiger partial charge in [0, 0.05) is 22.6 Å². The summed E-state index contributed by atoms with van der Waals surface area (Å²) in [6, 6.07) is 12.5. The third-order valence-corrected chi connectivity index (χ3v) is 5.44. The van der Waals surface area contributed by atoms with Crippen LogP contribution in [0.5, 0.6) is 0 Å². The Kier molecular flexibility index (Phi) is 6.14. The molecule has 1 aromatic heterocycles. The summed E-state index contributed by atoms with van der Waals surface area (Å²) in [4.78, 5) is 19.0. The van der Waals surface area contributed by atoms with Crippen molar-refractivity contribution >= 4 is 35.5 Å². The number of H-pyrrole nitrogens is 1. The average Bonchev–Trinajstić information content (AvgIpc) is 2.65. The highest BCUT2D eigenvalue weighted by Crippen LogP contribution is 2.23. The third kappa shape index (κ3) is 4.87. The molecule has 0 aliphatic rings. The van der Waals surface area contributed by atoms with Crippen LogP contribution in [0.3, 0.4) is 0 Å². The van der Waals surface area contributed by atoms with Gasteiger partial charge in [-0.1, -0.05) is 59.8 Å². The predicted octanol–water partition coefficient (Wildman–Crippen LogP) is 5.64. The molecule has 1 heterocycles. The van der Waals surface area contributed by atoms with Crippen molar-refractivity contribution in [3.05, 3.63) is 91.6 Å². The molecule has 27 heavy (non-hydrogen) atoms. The maximum Gasteiger partial charge on any atom is 0.254 e. The van der Waals surface area contributed by atoms with Crippen LogP contribution in [-0.4, -0.2) is 9.97 Å². The first-order valence-corrected chi connectivity index (χ1v) is 9.72. The number of nitrogens with one attached hydrogen (secondary N) is 1. The number of benzene rings is 2. The van der Waals surface area contributed by atoms with E-state index in [1.54, 1.807) is 25.1 Å².